The quantitative estimate of drug-likeness (QED) is 0.698. The summed E-state index contributed by atoms with van der Waals surface area (Å²) in [5.74, 6) is -0.124. The molecule has 1 aromatic heterocycles. The van der Waals surface area contributed by atoms with Gasteiger partial charge in [0.2, 0.25) is 10.0 Å². The third kappa shape index (κ3) is 4.11. The molecule has 32 heavy (non-hydrogen) atoms. The Kier molecular flexibility index (Phi) is 5.75. The van der Waals surface area contributed by atoms with Gasteiger partial charge in [0.1, 0.15) is 11.6 Å². The van der Waals surface area contributed by atoms with Gasteiger partial charge >= 0.3 is 0 Å². The lowest BCUT2D eigenvalue weighted by Crippen LogP contribution is -2.37. The van der Waals surface area contributed by atoms with Gasteiger partial charge in [0, 0.05) is 44.6 Å². The molecule has 0 atom stereocenters. The van der Waals surface area contributed by atoms with Crippen molar-refractivity contribution in [2.45, 2.75) is 44.9 Å². The van der Waals surface area contributed by atoms with Crippen LogP contribution in [0, 0.1) is 18.2 Å². The highest BCUT2D eigenvalue weighted by atomic mass is 32.2. The summed E-state index contributed by atoms with van der Waals surface area (Å²) in [5, 5.41) is 0. The summed E-state index contributed by atoms with van der Waals surface area (Å²) in [7, 11) is -3.79. The van der Waals surface area contributed by atoms with Crippen LogP contribution in [0.3, 0.4) is 0 Å². The Morgan fingerprint density at radius 1 is 1.06 bits per heavy atom. The number of halogens is 1. The van der Waals surface area contributed by atoms with E-state index in [1.807, 2.05) is 13.8 Å². The molecule has 4 rings (SSSR count). The van der Waals surface area contributed by atoms with E-state index in [-0.39, 0.29) is 47.4 Å². The maximum absolute atomic E-state index is 13.2. The molecule has 0 radical (unpaired) electrons. The molecule has 1 aliphatic carbocycles. The van der Waals surface area contributed by atoms with E-state index in [1.165, 1.54) is 16.4 Å². The molecule has 1 aromatic carbocycles. The van der Waals surface area contributed by atoms with Gasteiger partial charge in [-0.3, -0.25) is 9.59 Å². The molecule has 7 nitrogen and oxygen atoms in total. The van der Waals surface area contributed by atoms with Crippen molar-refractivity contribution in [2.75, 3.05) is 26.2 Å². The van der Waals surface area contributed by atoms with Gasteiger partial charge in [0.05, 0.1) is 10.5 Å². The third-order valence-electron chi connectivity index (χ3n) is 6.16. The Hall–Kier alpha value is -2.52. The molecular weight excluding hydrogens is 435 g/mol. The van der Waals surface area contributed by atoms with Gasteiger partial charge in [-0.2, -0.15) is 4.31 Å². The van der Waals surface area contributed by atoms with Crippen molar-refractivity contribution in [2.24, 2.45) is 5.41 Å². The van der Waals surface area contributed by atoms with Crippen molar-refractivity contribution < 1.29 is 26.8 Å². The van der Waals surface area contributed by atoms with Crippen LogP contribution >= 0.6 is 0 Å². The second kappa shape index (κ2) is 8.12. The topological polar surface area (TPSA) is 87.9 Å². The van der Waals surface area contributed by atoms with E-state index in [0.29, 0.717) is 42.7 Å². The number of hydrogen-bond donors (Lipinski definition) is 0. The van der Waals surface area contributed by atoms with E-state index in [1.54, 1.807) is 11.8 Å². The molecule has 9 heteroatoms. The Morgan fingerprint density at radius 3 is 2.44 bits per heavy atom. The number of benzene rings is 1. The number of fused-ring (bicyclic) bond motifs is 1. The van der Waals surface area contributed by atoms with Crippen molar-refractivity contribution in [3.05, 3.63) is 52.7 Å². The number of nitrogens with zero attached hydrogens (tertiary/aromatic N) is 2. The fourth-order valence-electron chi connectivity index (χ4n) is 4.52. The lowest BCUT2D eigenvalue weighted by Gasteiger charge is -2.27. The van der Waals surface area contributed by atoms with Crippen LogP contribution in [0.2, 0.25) is 0 Å². The zero-order valence-corrected chi connectivity index (χ0v) is 19.3. The van der Waals surface area contributed by atoms with E-state index in [4.69, 9.17) is 4.42 Å². The molecule has 0 bridgehead atoms. The van der Waals surface area contributed by atoms with E-state index >= 15 is 0 Å². The first-order valence-corrected chi connectivity index (χ1v) is 12.1. The van der Waals surface area contributed by atoms with Crippen molar-refractivity contribution in [3.8, 4) is 0 Å². The Balaban J connectivity index is 1.53. The molecule has 0 unspecified atom stereocenters. The number of furan rings is 1. The van der Waals surface area contributed by atoms with Crippen molar-refractivity contribution >= 4 is 21.7 Å². The lowest BCUT2D eigenvalue weighted by molar-refractivity contribution is 0.0725. The van der Waals surface area contributed by atoms with Gasteiger partial charge in [0.25, 0.3) is 5.91 Å². The highest BCUT2D eigenvalue weighted by molar-refractivity contribution is 7.89. The van der Waals surface area contributed by atoms with Gasteiger partial charge in [-0.1, -0.05) is 13.8 Å². The van der Waals surface area contributed by atoms with Crippen LogP contribution in [0.15, 0.2) is 33.6 Å². The summed E-state index contributed by atoms with van der Waals surface area (Å²) in [6.45, 7) is 6.67. The molecule has 1 aliphatic heterocycles. The third-order valence-corrected chi connectivity index (χ3v) is 8.08. The summed E-state index contributed by atoms with van der Waals surface area (Å²) in [4.78, 5) is 27.4. The maximum atomic E-state index is 13.2. The van der Waals surface area contributed by atoms with Crippen LogP contribution < -0.4 is 0 Å². The molecule has 1 amide bonds. The molecule has 2 heterocycles. The number of hydrogen-bond acceptors (Lipinski definition) is 5. The number of rotatable bonds is 3. The van der Waals surface area contributed by atoms with Crippen LogP contribution in [-0.4, -0.2) is 55.5 Å². The molecule has 172 valence electrons. The normalized spacial score (nSPS) is 19.5. The smallest absolute Gasteiger partial charge is 0.289 e. The Morgan fingerprint density at radius 2 is 1.75 bits per heavy atom. The predicted octanol–water partition coefficient (Wildman–Crippen LogP) is 3.42. The van der Waals surface area contributed by atoms with Crippen molar-refractivity contribution in [3.63, 3.8) is 0 Å². The highest BCUT2D eigenvalue weighted by Crippen LogP contribution is 2.38. The molecule has 1 fully saturated rings. The first-order valence-electron chi connectivity index (χ1n) is 10.7. The van der Waals surface area contributed by atoms with E-state index < -0.39 is 15.8 Å². The van der Waals surface area contributed by atoms with Crippen LogP contribution in [0.5, 0.6) is 0 Å². The van der Waals surface area contributed by atoms with Crippen LogP contribution in [0.25, 0.3) is 0 Å². The van der Waals surface area contributed by atoms with Gasteiger partial charge in [0.15, 0.2) is 11.5 Å². The van der Waals surface area contributed by atoms with E-state index in [9.17, 15) is 22.4 Å². The first-order chi connectivity index (χ1) is 15.0. The lowest BCUT2D eigenvalue weighted by atomic mass is 9.76. The highest BCUT2D eigenvalue weighted by Gasteiger charge is 2.38. The number of sulfonamides is 1. The minimum absolute atomic E-state index is 0.0102. The largest absolute Gasteiger partial charge is 0.455 e. The molecule has 0 saturated carbocycles. The number of ketones is 1. The molecule has 0 N–H and O–H groups in total. The Labute approximate surface area is 187 Å². The van der Waals surface area contributed by atoms with Gasteiger partial charge < -0.3 is 9.32 Å². The van der Waals surface area contributed by atoms with E-state index in [0.717, 1.165) is 12.1 Å². The van der Waals surface area contributed by atoms with Crippen LogP contribution in [0.4, 0.5) is 4.39 Å². The average Bonchev–Trinajstić information content (AvgIpc) is 2.89. The fraction of sp³-hybridized carbons (Fsp3) is 0.478. The maximum Gasteiger partial charge on any atom is 0.289 e. The average molecular weight is 463 g/mol. The SMILES string of the molecule is Cc1c(C(=O)N2CCCN(S(=O)(=O)c3ccc(F)cc3)CC2)oc2c1C(=O)CC(C)(C)C2. The number of carbonyl (C=O) groups is 2. The summed E-state index contributed by atoms with van der Waals surface area (Å²) in [5.41, 5.74) is 0.862. The van der Waals surface area contributed by atoms with Crippen molar-refractivity contribution in [1.82, 2.24) is 9.21 Å². The van der Waals surface area contributed by atoms with E-state index in [2.05, 4.69) is 0 Å². The molecule has 0 spiro atoms. The second-order valence-electron chi connectivity index (χ2n) is 9.30. The van der Waals surface area contributed by atoms with Crippen molar-refractivity contribution in [1.29, 1.82) is 0 Å². The molecule has 1 saturated heterocycles. The standard InChI is InChI=1S/C23H27FN2O5S/c1-15-20-18(27)13-23(2,3)14-19(20)31-21(15)22(28)25-9-4-10-26(12-11-25)32(29,30)17-7-5-16(24)6-8-17/h5-8H,4,9-14H2,1-3H3. The van der Waals surface area contributed by atoms with Gasteiger partial charge in [-0.25, -0.2) is 12.8 Å². The minimum Gasteiger partial charge on any atom is -0.455 e. The zero-order valence-electron chi connectivity index (χ0n) is 18.5. The van der Waals surface area contributed by atoms with Gasteiger partial charge in [-0.15, -0.1) is 0 Å². The Bertz CT molecular complexity index is 1170. The monoisotopic (exact) mass is 462 g/mol. The summed E-state index contributed by atoms with van der Waals surface area (Å²) in [6.07, 6.45) is 1.46. The predicted molar refractivity (Wildman–Crippen MR) is 116 cm³/mol. The summed E-state index contributed by atoms with van der Waals surface area (Å²) < 4.78 is 46.2. The number of amides is 1. The zero-order chi connectivity index (χ0) is 23.3. The van der Waals surface area contributed by atoms with Crippen LogP contribution in [-0.2, 0) is 16.4 Å². The molecule has 2 aromatic rings. The minimum atomic E-state index is -3.79. The molecule has 2 aliphatic rings. The summed E-state index contributed by atoms with van der Waals surface area (Å²) >= 11 is 0. The molecular formula is C23H27FN2O5S. The number of Topliss-reactive ketones (excluding diaryl/α,β-unsaturated/α-hetero) is 1. The first kappa shape index (κ1) is 22.7. The van der Waals surface area contributed by atoms with Gasteiger partial charge in [-0.05, 0) is 43.0 Å². The van der Waals surface area contributed by atoms with Crippen LogP contribution in [0.1, 0.15) is 58.9 Å². The number of carbonyl (C=O) groups excluding carboxylic acids is 2. The second-order valence-corrected chi connectivity index (χ2v) is 11.2. The summed E-state index contributed by atoms with van der Waals surface area (Å²) in [6, 6.07) is 4.72. The fourth-order valence-corrected chi connectivity index (χ4v) is 5.99.